The Kier molecular flexibility index (Phi) is 5.03. The Morgan fingerprint density at radius 2 is 2.22 bits per heavy atom. The first-order chi connectivity index (χ1) is 8.35. The van der Waals surface area contributed by atoms with Crippen molar-refractivity contribution in [1.82, 2.24) is 5.32 Å². The minimum absolute atomic E-state index is 0.0890. The fourth-order valence-corrected chi connectivity index (χ4v) is 1.53. The molecule has 3 N–H and O–H groups in total. The van der Waals surface area contributed by atoms with Crippen LogP contribution in [0.15, 0.2) is 18.2 Å². The molecular formula is C11H15ClN2O4. The molecule has 1 aromatic rings. The summed E-state index contributed by atoms with van der Waals surface area (Å²) in [7, 11) is 0. The lowest BCUT2D eigenvalue weighted by Gasteiger charge is -2.20. The predicted octanol–water partition coefficient (Wildman–Crippen LogP) is 1.08. The van der Waals surface area contributed by atoms with Gasteiger partial charge in [-0.25, -0.2) is 0 Å². The number of benzene rings is 1. The molecule has 18 heavy (non-hydrogen) atoms. The van der Waals surface area contributed by atoms with E-state index in [1.165, 1.54) is 19.1 Å². The van der Waals surface area contributed by atoms with Gasteiger partial charge in [0.15, 0.2) is 0 Å². The van der Waals surface area contributed by atoms with Gasteiger partial charge in [0.2, 0.25) is 0 Å². The Bertz CT molecular complexity index is 437. The lowest BCUT2D eigenvalue weighted by atomic mass is 10.1. The Morgan fingerprint density at radius 3 is 2.78 bits per heavy atom. The molecule has 1 unspecified atom stereocenters. The third kappa shape index (κ3) is 4.23. The van der Waals surface area contributed by atoms with Crippen molar-refractivity contribution in [3.8, 4) is 0 Å². The van der Waals surface area contributed by atoms with Crippen LogP contribution < -0.4 is 5.32 Å². The molecule has 0 aliphatic heterocycles. The fourth-order valence-electron chi connectivity index (χ4n) is 1.34. The van der Waals surface area contributed by atoms with E-state index in [2.05, 4.69) is 5.32 Å². The van der Waals surface area contributed by atoms with E-state index < -0.39 is 10.5 Å². The van der Waals surface area contributed by atoms with E-state index in [0.29, 0.717) is 12.1 Å². The van der Waals surface area contributed by atoms with Crippen molar-refractivity contribution in [2.24, 2.45) is 0 Å². The van der Waals surface area contributed by atoms with Gasteiger partial charge in [-0.2, -0.15) is 0 Å². The molecular weight excluding hydrogens is 260 g/mol. The molecule has 0 aliphatic carbocycles. The van der Waals surface area contributed by atoms with Crippen LogP contribution in [0.5, 0.6) is 0 Å². The molecule has 0 heterocycles. The number of aliphatic hydroxyl groups is 2. The van der Waals surface area contributed by atoms with Gasteiger partial charge in [0, 0.05) is 19.2 Å². The molecule has 0 aromatic heterocycles. The van der Waals surface area contributed by atoms with Crippen LogP contribution in [0.25, 0.3) is 0 Å². The Hall–Kier alpha value is -1.21. The van der Waals surface area contributed by atoms with Gasteiger partial charge in [0.05, 0.1) is 17.1 Å². The molecule has 100 valence electrons. The van der Waals surface area contributed by atoms with Crippen molar-refractivity contribution in [3.05, 3.63) is 38.9 Å². The number of hydrogen-bond donors (Lipinski definition) is 3. The summed E-state index contributed by atoms with van der Waals surface area (Å²) in [6, 6.07) is 4.50. The standard InChI is InChI=1S/C11H15ClN2O4/c1-11(16,7-15)6-13-5-8-2-3-9(12)10(4-8)14(17)18/h2-4,13,15-16H,5-7H2,1H3. The van der Waals surface area contributed by atoms with Crippen molar-refractivity contribution in [1.29, 1.82) is 0 Å². The smallest absolute Gasteiger partial charge is 0.288 e. The van der Waals surface area contributed by atoms with Crippen molar-refractivity contribution in [2.45, 2.75) is 19.1 Å². The summed E-state index contributed by atoms with van der Waals surface area (Å²) in [6.07, 6.45) is 0. The van der Waals surface area contributed by atoms with Gasteiger partial charge < -0.3 is 15.5 Å². The topological polar surface area (TPSA) is 95.6 Å². The van der Waals surface area contributed by atoms with Gasteiger partial charge >= 0.3 is 0 Å². The van der Waals surface area contributed by atoms with Crippen LogP contribution in [0.2, 0.25) is 5.02 Å². The minimum atomic E-state index is -1.21. The highest BCUT2D eigenvalue weighted by Crippen LogP contribution is 2.24. The number of hydrogen-bond acceptors (Lipinski definition) is 5. The molecule has 1 aromatic carbocycles. The minimum Gasteiger partial charge on any atom is -0.393 e. The second-order valence-electron chi connectivity index (χ2n) is 4.30. The van der Waals surface area contributed by atoms with E-state index in [1.54, 1.807) is 6.07 Å². The van der Waals surface area contributed by atoms with E-state index in [4.69, 9.17) is 16.7 Å². The number of nitrogens with zero attached hydrogens (tertiary/aromatic N) is 1. The third-order valence-electron chi connectivity index (χ3n) is 2.38. The van der Waals surface area contributed by atoms with Gasteiger partial charge in [-0.05, 0) is 18.6 Å². The normalized spacial score (nSPS) is 14.2. The first kappa shape index (κ1) is 14.8. The molecule has 0 fully saturated rings. The highest BCUT2D eigenvalue weighted by Gasteiger charge is 2.18. The maximum Gasteiger partial charge on any atom is 0.288 e. The molecule has 1 atom stereocenters. The zero-order chi connectivity index (χ0) is 13.8. The maximum absolute atomic E-state index is 10.7. The van der Waals surface area contributed by atoms with Crippen molar-refractivity contribution in [2.75, 3.05) is 13.2 Å². The first-order valence-corrected chi connectivity index (χ1v) is 5.70. The molecule has 0 radical (unpaired) electrons. The van der Waals surface area contributed by atoms with Crippen LogP contribution in [0.1, 0.15) is 12.5 Å². The third-order valence-corrected chi connectivity index (χ3v) is 2.70. The number of nitrogens with one attached hydrogen (secondary N) is 1. The van der Waals surface area contributed by atoms with E-state index in [1.807, 2.05) is 0 Å². The number of aliphatic hydroxyl groups excluding tert-OH is 1. The van der Waals surface area contributed by atoms with Crippen molar-refractivity contribution < 1.29 is 15.1 Å². The highest BCUT2D eigenvalue weighted by molar-refractivity contribution is 6.32. The van der Waals surface area contributed by atoms with Gasteiger partial charge in [-0.15, -0.1) is 0 Å². The Balaban J connectivity index is 2.64. The van der Waals surface area contributed by atoms with Crippen LogP contribution in [-0.2, 0) is 6.54 Å². The predicted molar refractivity (Wildman–Crippen MR) is 67.5 cm³/mol. The average Bonchev–Trinajstić information content (AvgIpc) is 2.31. The summed E-state index contributed by atoms with van der Waals surface area (Å²) < 4.78 is 0. The number of nitro groups is 1. The molecule has 0 spiro atoms. The monoisotopic (exact) mass is 274 g/mol. The van der Waals surface area contributed by atoms with E-state index in [9.17, 15) is 15.2 Å². The molecule has 0 aliphatic rings. The average molecular weight is 275 g/mol. The van der Waals surface area contributed by atoms with Gasteiger partial charge in [-0.3, -0.25) is 10.1 Å². The first-order valence-electron chi connectivity index (χ1n) is 5.32. The molecule has 0 bridgehead atoms. The maximum atomic E-state index is 10.7. The molecule has 1 rings (SSSR count). The molecule has 0 saturated carbocycles. The van der Waals surface area contributed by atoms with Crippen molar-refractivity contribution >= 4 is 17.3 Å². The highest BCUT2D eigenvalue weighted by atomic mass is 35.5. The summed E-state index contributed by atoms with van der Waals surface area (Å²) in [5, 5.41) is 32.1. The summed E-state index contributed by atoms with van der Waals surface area (Å²) in [5.74, 6) is 0. The van der Waals surface area contributed by atoms with Crippen LogP contribution >= 0.6 is 11.6 Å². The zero-order valence-corrected chi connectivity index (χ0v) is 10.6. The SMILES string of the molecule is CC(O)(CO)CNCc1ccc(Cl)c([N+](=O)[O-])c1. The van der Waals surface area contributed by atoms with Crippen molar-refractivity contribution in [3.63, 3.8) is 0 Å². The molecule has 0 saturated heterocycles. The largest absolute Gasteiger partial charge is 0.393 e. The van der Waals surface area contributed by atoms with E-state index in [-0.39, 0.29) is 23.9 Å². The number of rotatable bonds is 6. The zero-order valence-electron chi connectivity index (χ0n) is 9.89. The van der Waals surface area contributed by atoms with E-state index >= 15 is 0 Å². The fraction of sp³-hybridized carbons (Fsp3) is 0.455. The van der Waals surface area contributed by atoms with Gasteiger partial charge in [0.25, 0.3) is 5.69 Å². The Labute approximate surface area is 109 Å². The second kappa shape index (κ2) is 6.10. The van der Waals surface area contributed by atoms with Gasteiger partial charge in [0.1, 0.15) is 5.02 Å². The second-order valence-corrected chi connectivity index (χ2v) is 4.71. The van der Waals surface area contributed by atoms with Crippen LogP contribution in [-0.4, -0.2) is 33.9 Å². The van der Waals surface area contributed by atoms with Crippen LogP contribution in [0.3, 0.4) is 0 Å². The quantitative estimate of drug-likeness (QED) is 0.533. The lowest BCUT2D eigenvalue weighted by molar-refractivity contribution is -0.384. The molecule has 7 heteroatoms. The molecule has 6 nitrogen and oxygen atoms in total. The number of halogens is 1. The summed E-state index contributed by atoms with van der Waals surface area (Å²) >= 11 is 5.69. The lowest BCUT2D eigenvalue weighted by Crippen LogP contribution is -2.40. The summed E-state index contributed by atoms with van der Waals surface area (Å²) in [6.45, 7) is 1.65. The van der Waals surface area contributed by atoms with Crippen LogP contribution in [0.4, 0.5) is 5.69 Å². The number of nitro benzene ring substituents is 1. The Morgan fingerprint density at radius 1 is 1.56 bits per heavy atom. The van der Waals surface area contributed by atoms with Gasteiger partial charge in [-0.1, -0.05) is 17.7 Å². The summed E-state index contributed by atoms with van der Waals surface area (Å²) in [5.41, 5.74) is -0.678. The molecule has 0 amide bonds. The summed E-state index contributed by atoms with van der Waals surface area (Å²) in [4.78, 5) is 10.1. The van der Waals surface area contributed by atoms with E-state index in [0.717, 1.165) is 0 Å². The van der Waals surface area contributed by atoms with Crippen LogP contribution in [0, 0.1) is 10.1 Å².